The van der Waals surface area contributed by atoms with Crippen molar-refractivity contribution in [3.05, 3.63) is 17.2 Å². The molecule has 1 aromatic heterocycles. The highest BCUT2D eigenvalue weighted by atomic mass is 16.5. The van der Waals surface area contributed by atoms with Gasteiger partial charge in [-0.3, -0.25) is 14.5 Å². The summed E-state index contributed by atoms with van der Waals surface area (Å²) in [5.41, 5.74) is 6.38. The number of ether oxygens (including phenoxy) is 1. The van der Waals surface area contributed by atoms with Gasteiger partial charge in [0.25, 0.3) is 5.91 Å². The van der Waals surface area contributed by atoms with Crippen LogP contribution in [0.5, 0.6) is 0 Å². The van der Waals surface area contributed by atoms with Crippen LogP contribution in [0.1, 0.15) is 69.0 Å². The topological polar surface area (TPSA) is 106 Å². The van der Waals surface area contributed by atoms with Gasteiger partial charge in [0, 0.05) is 39.6 Å². The van der Waals surface area contributed by atoms with E-state index in [1.54, 1.807) is 7.05 Å². The largest absolute Gasteiger partial charge is 0.379 e. The van der Waals surface area contributed by atoms with Crippen LogP contribution in [0.2, 0.25) is 0 Å². The summed E-state index contributed by atoms with van der Waals surface area (Å²) in [7, 11) is 3.78. The lowest BCUT2D eigenvalue weighted by molar-refractivity contribution is -0.106. The van der Waals surface area contributed by atoms with E-state index in [2.05, 4.69) is 60.2 Å². The third-order valence-electron chi connectivity index (χ3n) is 5.97. The lowest BCUT2D eigenvalue weighted by Crippen LogP contribution is -2.37. The number of carbonyl (C=O) groups excluding carboxylic acids is 2. The van der Waals surface area contributed by atoms with Gasteiger partial charge in [-0.05, 0) is 38.4 Å². The molecule has 0 atom stereocenters. The van der Waals surface area contributed by atoms with Crippen molar-refractivity contribution in [2.24, 2.45) is 11.1 Å². The molecule has 0 radical (unpaired) electrons. The van der Waals surface area contributed by atoms with Gasteiger partial charge in [0.05, 0.1) is 18.9 Å². The highest BCUT2D eigenvalue weighted by Gasteiger charge is 2.24. The first-order chi connectivity index (χ1) is 15.7. The van der Waals surface area contributed by atoms with E-state index in [0.29, 0.717) is 11.1 Å². The summed E-state index contributed by atoms with van der Waals surface area (Å²) in [6.45, 7) is 16.5. The second-order valence-electron chi connectivity index (χ2n) is 9.75. The maximum absolute atomic E-state index is 12.2. The molecule has 0 spiro atoms. The average molecular weight is 467 g/mol. The second kappa shape index (κ2) is 15.0. The van der Waals surface area contributed by atoms with Crippen LogP contribution in [-0.4, -0.2) is 85.2 Å². The Balaban J connectivity index is 0.000000518. The molecular weight excluding hydrogens is 420 g/mol. The van der Waals surface area contributed by atoms with Gasteiger partial charge in [0.1, 0.15) is 5.82 Å². The number of imidazole rings is 1. The zero-order chi connectivity index (χ0) is 24.9. The quantitative estimate of drug-likeness (QED) is 0.642. The molecule has 2 aliphatic heterocycles. The number of fused-ring (bicyclic) bond motifs is 1. The first kappa shape index (κ1) is 29.1. The zero-order valence-corrected chi connectivity index (χ0v) is 21.7. The highest BCUT2D eigenvalue weighted by Crippen LogP contribution is 2.20. The number of aryl methyl sites for hydroxylation is 1. The van der Waals surface area contributed by atoms with E-state index in [4.69, 9.17) is 14.5 Å². The van der Waals surface area contributed by atoms with Crippen molar-refractivity contribution < 1.29 is 14.3 Å². The van der Waals surface area contributed by atoms with E-state index < -0.39 is 0 Å². The molecule has 9 heteroatoms. The fourth-order valence-corrected chi connectivity index (χ4v) is 3.57. The van der Waals surface area contributed by atoms with Crippen LogP contribution < -0.4 is 11.1 Å². The van der Waals surface area contributed by atoms with E-state index in [1.165, 1.54) is 6.42 Å². The first-order valence-corrected chi connectivity index (χ1v) is 12.1. The Labute approximate surface area is 200 Å². The Morgan fingerprint density at radius 3 is 2.36 bits per heavy atom. The number of morpholine rings is 1. The number of rotatable bonds is 5. The van der Waals surface area contributed by atoms with Crippen molar-refractivity contribution in [3.8, 4) is 0 Å². The van der Waals surface area contributed by atoms with Crippen molar-refractivity contribution in [1.82, 2.24) is 24.7 Å². The van der Waals surface area contributed by atoms with Gasteiger partial charge in [-0.1, -0.05) is 34.1 Å². The monoisotopic (exact) mass is 466 g/mol. The van der Waals surface area contributed by atoms with Crippen molar-refractivity contribution in [2.75, 3.05) is 53.5 Å². The van der Waals surface area contributed by atoms with Gasteiger partial charge in [-0.25, -0.2) is 4.98 Å². The van der Waals surface area contributed by atoms with E-state index in [-0.39, 0.29) is 12.3 Å². The van der Waals surface area contributed by atoms with E-state index in [0.717, 1.165) is 83.3 Å². The predicted molar refractivity (Wildman–Crippen MR) is 132 cm³/mol. The van der Waals surface area contributed by atoms with Gasteiger partial charge in [-0.2, -0.15) is 0 Å². The molecule has 33 heavy (non-hydrogen) atoms. The minimum absolute atomic E-state index is 0.0755. The Morgan fingerprint density at radius 2 is 1.82 bits per heavy atom. The van der Waals surface area contributed by atoms with E-state index in [1.807, 2.05) is 0 Å². The van der Waals surface area contributed by atoms with Crippen LogP contribution in [0.3, 0.4) is 0 Å². The SMILES string of the molecule is CCC(C)(C)C.CNC(=O)c1nc(CCCN2CCOCC2)n2c1CN(C)CCC2.NC=O. The van der Waals surface area contributed by atoms with E-state index in [9.17, 15) is 4.79 Å². The molecular formula is C24H46N6O3. The van der Waals surface area contributed by atoms with Crippen molar-refractivity contribution in [1.29, 1.82) is 0 Å². The molecule has 3 rings (SSSR count). The van der Waals surface area contributed by atoms with Gasteiger partial charge >= 0.3 is 0 Å². The Hall–Kier alpha value is -1.97. The summed E-state index contributed by atoms with van der Waals surface area (Å²) in [4.78, 5) is 30.2. The minimum Gasteiger partial charge on any atom is -0.379 e. The highest BCUT2D eigenvalue weighted by molar-refractivity contribution is 5.93. The van der Waals surface area contributed by atoms with Gasteiger partial charge in [0.2, 0.25) is 6.41 Å². The molecule has 0 saturated carbocycles. The lowest BCUT2D eigenvalue weighted by Gasteiger charge is -2.26. The number of primary amides is 1. The summed E-state index contributed by atoms with van der Waals surface area (Å²) in [6.07, 6.45) is 4.61. The number of nitrogens with two attached hydrogens (primary N) is 1. The van der Waals surface area contributed by atoms with Gasteiger partial charge in [-0.15, -0.1) is 0 Å². The maximum atomic E-state index is 12.2. The summed E-state index contributed by atoms with van der Waals surface area (Å²) < 4.78 is 7.68. The molecule has 3 heterocycles. The minimum atomic E-state index is -0.0755. The molecule has 0 aromatic carbocycles. The Morgan fingerprint density at radius 1 is 1.21 bits per heavy atom. The number of hydrogen-bond acceptors (Lipinski definition) is 6. The lowest BCUT2D eigenvalue weighted by atomic mass is 9.94. The molecule has 2 aliphatic rings. The third kappa shape index (κ3) is 10.7. The number of nitrogens with one attached hydrogen (secondary N) is 1. The van der Waals surface area contributed by atoms with Gasteiger partial charge in [0.15, 0.2) is 5.69 Å². The summed E-state index contributed by atoms with van der Waals surface area (Å²) in [5, 5.41) is 2.73. The van der Waals surface area contributed by atoms with Gasteiger partial charge < -0.3 is 25.3 Å². The van der Waals surface area contributed by atoms with Crippen molar-refractivity contribution >= 4 is 12.3 Å². The van der Waals surface area contributed by atoms with E-state index >= 15 is 0 Å². The summed E-state index contributed by atoms with van der Waals surface area (Å²) in [6, 6.07) is 0. The fraction of sp³-hybridized carbons (Fsp3) is 0.792. The van der Waals surface area contributed by atoms with Crippen LogP contribution in [-0.2, 0) is 29.0 Å². The second-order valence-corrected chi connectivity index (χ2v) is 9.75. The number of nitrogens with zero attached hydrogens (tertiary/aromatic N) is 4. The molecule has 0 aliphatic carbocycles. The van der Waals surface area contributed by atoms with Crippen molar-refractivity contribution in [3.63, 3.8) is 0 Å². The van der Waals surface area contributed by atoms with Crippen LogP contribution in [0.4, 0.5) is 0 Å². The summed E-state index contributed by atoms with van der Waals surface area (Å²) in [5.74, 6) is 0.987. The molecule has 190 valence electrons. The predicted octanol–water partition coefficient (Wildman–Crippen LogP) is 1.89. The molecule has 1 saturated heterocycles. The number of aromatic nitrogens is 2. The Kier molecular flexibility index (Phi) is 13.2. The molecule has 2 amide bonds. The number of amides is 2. The zero-order valence-electron chi connectivity index (χ0n) is 21.7. The van der Waals surface area contributed by atoms with Crippen molar-refractivity contribution in [2.45, 2.75) is 66.5 Å². The molecule has 1 fully saturated rings. The van der Waals surface area contributed by atoms with Crippen LogP contribution in [0, 0.1) is 5.41 Å². The molecule has 1 aromatic rings. The number of carbonyl (C=O) groups is 2. The van der Waals surface area contributed by atoms with Crippen LogP contribution in [0.25, 0.3) is 0 Å². The van der Waals surface area contributed by atoms with Crippen LogP contribution >= 0.6 is 0 Å². The Bertz CT molecular complexity index is 708. The van der Waals surface area contributed by atoms with Crippen LogP contribution in [0.15, 0.2) is 0 Å². The average Bonchev–Trinajstić information content (AvgIpc) is 2.99. The third-order valence-corrected chi connectivity index (χ3v) is 5.97. The summed E-state index contributed by atoms with van der Waals surface area (Å²) >= 11 is 0. The molecule has 0 unspecified atom stereocenters. The molecule has 3 N–H and O–H groups in total. The number of hydrogen-bond donors (Lipinski definition) is 2. The molecule has 0 bridgehead atoms. The molecule has 9 nitrogen and oxygen atoms in total. The smallest absolute Gasteiger partial charge is 0.271 e. The maximum Gasteiger partial charge on any atom is 0.271 e. The fourth-order valence-electron chi connectivity index (χ4n) is 3.57. The first-order valence-electron chi connectivity index (χ1n) is 12.1. The standard InChI is InChI=1S/C17H29N5O2.C6H14.CH3NO/c1-18-17(23)16-14-13-20(2)6-4-8-22(14)15(19-16)5-3-7-21-9-11-24-12-10-21;1-5-6(2,3)4;2-1-3/h3-13H2,1-2H3,(H,18,23);5H2,1-4H3;1H,(H2,2,3). The normalized spacial score (nSPS) is 16.9.